The molecule has 0 aromatic carbocycles. The van der Waals surface area contributed by atoms with Gasteiger partial charge in [-0.15, -0.1) is 0 Å². The third-order valence-electron chi connectivity index (χ3n) is 3.24. The maximum absolute atomic E-state index is 11.2. The van der Waals surface area contributed by atoms with Gasteiger partial charge in [-0.3, -0.25) is 9.78 Å². The molecule has 0 bridgehead atoms. The van der Waals surface area contributed by atoms with Crippen LogP contribution in [0.5, 0.6) is 5.75 Å². The minimum atomic E-state index is -0.158. The first-order valence-electron chi connectivity index (χ1n) is 7.06. The van der Waals surface area contributed by atoms with Crippen LogP contribution in [0.1, 0.15) is 43.9 Å². The van der Waals surface area contributed by atoms with Crippen LogP contribution in [0.25, 0.3) is 0 Å². The third-order valence-corrected chi connectivity index (χ3v) is 3.24. The molecule has 2 rings (SSSR count). The van der Waals surface area contributed by atoms with Gasteiger partial charge in [0.25, 0.3) is 0 Å². The molecular weight excluding hydrogens is 242 g/mol. The zero-order valence-electron chi connectivity index (χ0n) is 11.5. The number of aryl methyl sites for hydroxylation is 2. The van der Waals surface area contributed by atoms with E-state index in [0.717, 1.165) is 18.6 Å². The number of hydrogen-bond acceptors (Lipinski definition) is 4. The molecule has 1 aromatic rings. The maximum Gasteiger partial charge on any atom is 0.305 e. The Morgan fingerprint density at radius 1 is 1.37 bits per heavy atom. The van der Waals surface area contributed by atoms with Crippen molar-refractivity contribution >= 4 is 5.97 Å². The quantitative estimate of drug-likeness (QED) is 0.585. The van der Waals surface area contributed by atoms with Gasteiger partial charge in [0.1, 0.15) is 5.75 Å². The van der Waals surface area contributed by atoms with Crippen molar-refractivity contribution in [2.24, 2.45) is 0 Å². The van der Waals surface area contributed by atoms with Crippen LogP contribution in [-0.4, -0.2) is 24.2 Å². The van der Waals surface area contributed by atoms with Crippen molar-refractivity contribution in [2.75, 3.05) is 13.2 Å². The average Bonchev–Trinajstić information content (AvgIpc) is 2.44. The van der Waals surface area contributed by atoms with Gasteiger partial charge in [-0.25, -0.2) is 0 Å². The van der Waals surface area contributed by atoms with Crippen LogP contribution in [0, 0.1) is 0 Å². The smallest absolute Gasteiger partial charge is 0.305 e. The molecule has 0 unspecified atom stereocenters. The van der Waals surface area contributed by atoms with Crippen LogP contribution < -0.4 is 4.74 Å². The van der Waals surface area contributed by atoms with Gasteiger partial charge in [0.2, 0.25) is 0 Å². The second-order valence-electron chi connectivity index (χ2n) is 4.74. The Kier molecular flexibility index (Phi) is 5.19. The number of aromatic nitrogens is 1. The van der Waals surface area contributed by atoms with Crippen molar-refractivity contribution < 1.29 is 14.3 Å². The summed E-state index contributed by atoms with van der Waals surface area (Å²) in [4.78, 5) is 15.6. The SMILES string of the molecule is CCOC(=O)CCCOc1cnc2c(c1)CCCC2. The first-order chi connectivity index (χ1) is 9.29. The third kappa shape index (κ3) is 4.23. The normalized spacial score (nSPS) is 13.7. The summed E-state index contributed by atoms with van der Waals surface area (Å²) >= 11 is 0. The fraction of sp³-hybridized carbons (Fsp3) is 0.600. The molecule has 104 valence electrons. The molecule has 0 saturated heterocycles. The van der Waals surface area contributed by atoms with Crippen molar-refractivity contribution in [3.8, 4) is 5.75 Å². The molecule has 4 nitrogen and oxygen atoms in total. The van der Waals surface area contributed by atoms with Gasteiger partial charge in [-0.05, 0) is 50.7 Å². The maximum atomic E-state index is 11.2. The molecule has 4 heteroatoms. The number of nitrogens with zero attached hydrogens (tertiary/aromatic N) is 1. The van der Waals surface area contributed by atoms with Crippen LogP contribution in [0.2, 0.25) is 0 Å². The van der Waals surface area contributed by atoms with Crippen molar-refractivity contribution in [2.45, 2.75) is 45.4 Å². The number of carbonyl (C=O) groups is 1. The highest BCUT2D eigenvalue weighted by Gasteiger charge is 2.11. The molecule has 1 aliphatic rings. The molecule has 0 amide bonds. The molecule has 0 fully saturated rings. The van der Waals surface area contributed by atoms with E-state index in [2.05, 4.69) is 11.1 Å². The van der Waals surface area contributed by atoms with Gasteiger partial charge in [0.15, 0.2) is 0 Å². The van der Waals surface area contributed by atoms with Gasteiger partial charge in [0.05, 0.1) is 19.4 Å². The number of esters is 1. The summed E-state index contributed by atoms with van der Waals surface area (Å²) in [7, 11) is 0. The van der Waals surface area contributed by atoms with Crippen LogP contribution in [0.15, 0.2) is 12.3 Å². The number of rotatable bonds is 6. The number of carbonyl (C=O) groups excluding carboxylic acids is 1. The Hall–Kier alpha value is -1.58. The van der Waals surface area contributed by atoms with Crippen LogP contribution in [-0.2, 0) is 22.4 Å². The van der Waals surface area contributed by atoms with E-state index in [4.69, 9.17) is 9.47 Å². The van der Waals surface area contributed by atoms with Gasteiger partial charge in [0, 0.05) is 12.1 Å². The molecule has 0 aliphatic heterocycles. The minimum absolute atomic E-state index is 0.158. The predicted molar refractivity (Wildman–Crippen MR) is 72.2 cm³/mol. The lowest BCUT2D eigenvalue weighted by Gasteiger charge is -2.15. The predicted octanol–water partition coefficient (Wildman–Crippen LogP) is 2.68. The average molecular weight is 263 g/mol. The van der Waals surface area contributed by atoms with Crippen molar-refractivity contribution in [1.82, 2.24) is 4.98 Å². The topological polar surface area (TPSA) is 48.4 Å². The minimum Gasteiger partial charge on any atom is -0.492 e. The zero-order valence-corrected chi connectivity index (χ0v) is 11.5. The van der Waals surface area contributed by atoms with E-state index < -0.39 is 0 Å². The monoisotopic (exact) mass is 263 g/mol. The second kappa shape index (κ2) is 7.12. The highest BCUT2D eigenvalue weighted by atomic mass is 16.5. The lowest BCUT2D eigenvalue weighted by atomic mass is 9.96. The summed E-state index contributed by atoms with van der Waals surface area (Å²) in [5.74, 6) is 0.652. The van der Waals surface area contributed by atoms with Crippen LogP contribution in [0.4, 0.5) is 0 Å². The van der Waals surface area contributed by atoms with Gasteiger partial charge < -0.3 is 9.47 Å². The Labute approximate surface area is 114 Å². The highest BCUT2D eigenvalue weighted by Crippen LogP contribution is 2.23. The van der Waals surface area contributed by atoms with E-state index in [0.29, 0.717) is 26.1 Å². The summed E-state index contributed by atoms with van der Waals surface area (Å²) in [6, 6.07) is 2.09. The molecule has 1 aliphatic carbocycles. The number of fused-ring (bicyclic) bond motifs is 1. The summed E-state index contributed by atoms with van der Waals surface area (Å²) in [6.07, 6.45) is 7.53. The molecule has 0 atom stereocenters. The molecule has 19 heavy (non-hydrogen) atoms. The lowest BCUT2D eigenvalue weighted by molar-refractivity contribution is -0.143. The second-order valence-corrected chi connectivity index (χ2v) is 4.74. The van der Waals surface area contributed by atoms with Crippen LogP contribution >= 0.6 is 0 Å². The van der Waals surface area contributed by atoms with E-state index in [-0.39, 0.29) is 5.97 Å². The molecular formula is C15H21NO3. The van der Waals surface area contributed by atoms with E-state index in [1.165, 1.54) is 24.1 Å². The molecule has 0 saturated carbocycles. The van der Waals surface area contributed by atoms with Gasteiger partial charge >= 0.3 is 5.97 Å². The molecule has 0 radical (unpaired) electrons. The summed E-state index contributed by atoms with van der Waals surface area (Å²) in [5, 5.41) is 0. The Balaban J connectivity index is 1.75. The molecule has 0 spiro atoms. The first kappa shape index (κ1) is 13.8. The van der Waals surface area contributed by atoms with E-state index in [1.807, 2.05) is 6.92 Å². The van der Waals surface area contributed by atoms with Gasteiger partial charge in [-0.1, -0.05) is 0 Å². The summed E-state index contributed by atoms with van der Waals surface area (Å²) in [5.41, 5.74) is 2.53. The fourth-order valence-corrected chi connectivity index (χ4v) is 2.28. The van der Waals surface area contributed by atoms with Crippen molar-refractivity contribution in [1.29, 1.82) is 0 Å². The standard InChI is InChI=1S/C15H21NO3/c1-2-18-15(17)8-5-9-19-13-10-12-6-3-4-7-14(12)16-11-13/h10-11H,2-9H2,1H3. The van der Waals surface area contributed by atoms with Crippen molar-refractivity contribution in [3.63, 3.8) is 0 Å². The largest absolute Gasteiger partial charge is 0.492 e. The summed E-state index contributed by atoms with van der Waals surface area (Å²) < 4.78 is 10.5. The molecule has 0 N–H and O–H groups in total. The van der Waals surface area contributed by atoms with Gasteiger partial charge in [-0.2, -0.15) is 0 Å². The lowest BCUT2D eigenvalue weighted by Crippen LogP contribution is -2.08. The van der Waals surface area contributed by atoms with E-state index in [1.54, 1.807) is 6.20 Å². The van der Waals surface area contributed by atoms with E-state index >= 15 is 0 Å². The molecule has 1 heterocycles. The highest BCUT2D eigenvalue weighted by molar-refractivity contribution is 5.69. The first-order valence-corrected chi connectivity index (χ1v) is 7.06. The van der Waals surface area contributed by atoms with E-state index in [9.17, 15) is 4.79 Å². The number of ether oxygens (including phenoxy) is 2. The molecule has 1 aromatic heterocycles. The number of pyridine rings is 1. The zero-order chi connectivity index (χ0) is 13.5. The van der Waals surface area contributed by atoms with Crippen molar-refractivity contribution in [3.05, 3.63) is 23.5 Å². The Morgan fingerprint density at radius 2 is 2.21 bits per heavy atom. The van der Waals surface area contributed by atoms with Crippen LogP contribution in [0.3, 0.4) is 0 Å². The fourth-order valence-electron chi connectivity index (χ4n) is 2.28. The number of hydrogen-bond donors (Lipinski definition) is 0. The Bertz CT molecular complexity index is 431. The summed E-state index contributed by atoms with van der Waals surface area (Å²) in [6.45, 7) is 2.78. The Morgan fingerprint density at radius 3 is 3.05 bits per heavy atom.